The molecular formula is C20H14F5N3O3. The van der Waals surface area contributed by atoms with Crippen LogP contribution in [0.1, 0.15) is 11.5 Å². The molecule has 0 spiro atoms. The van der Waals surface area contributed by atoms with Gasteiger partial charge in [0.25, 0.3) is 0 Å². The number of nitrogens with zero attached hydrogens (tertiary/aromatic N) is 3. The molecule has 3 heterocycles. The second-order valence-electron chi connectivity index (χ2n) is 6.46. The predicted molar refractivity (Wildman–Crippen MR) is 99.1 cm³/mol. The monoisotopic (exact) mass is 439 g/mol. The van der Waals surface area contributed by atoms with Crippen molar-refractivity contribution < 1.29 is 36.4 Å². The van der Waals surface area contributed by atoms with Gasteiger partial charge in [0.05, 0.1) is 17.6 Å². The summed E-state index contributed by atoms with van der Waals surface area (Å²) in [4.78, 5) is 13.3. The minimum atomic E-state index is -5.08. The lowest BCUT2D eigenvalue weighted by Crippen LogP contribution is -2.21. The Labute approximate surface area is 171 Å². The van der Waals surface area contributed by atoms with Gasteiger partial charge in [-0.25, -0.2) is 13.6 Å². The number of fused-ring (bicyclic) bond motifs is 1. The summed E-state index contributed by atoms with van der Waals surface area (Å²) < 4.78 is 65.7. The summed E-state index contributed by atoms with van der Waals surface area (Å²) in [6.07, 6.45) is -1.57. The highest BCUT2D eigenvalue weighted by atomic mass is 19.4. The Hall–Kier alpha value is -3.76. The van der Waals surface area contributed by atoms with E-state index in [1.165, 1.54) is 12.1 Å². The fourth-order valence-corrected chi connectivity index (χ4v) is 2.75. The Morgan fingerprint density at radius 3 is 2.29 bits per heavy atom. The van der Waals surface area contributed by atoms with Gasteiger partial charge in [-0.3, -0.25) is 4.98 Å². The van der Waals surface area contributed by atoms with Crippen molar-refractivity contribution in [1.82, 2.24) is 14.7 Å². The minimum absolute atomic E-state index is 0.451. The van der Waals surface area contributed by atoms with Crippen molar-refractivity contribution >= 4 is 17.0 Å². The Kier molecular flexibility index (Phi) is 6.04. The number of rotatable bonds is 3. The molecule has 1 aromatic carbocycles. The van der Waals surface area contributed by atoms with E-state index in [2.05, 4.69) is 10.1 Å². The lowest BCUT2D eigenvalue weighted by molar-refractivity contribution is -0.192. The van der Waals surface area contributed by atoms with Crippen LogP contribution in [-0.2, 0) is 11.3 Å². The molecule has 0 radical (unpaired) electrons. The lowest BCUT2D eigenvalue weighted by Gasteiger charge is -2.06. The van der Waals surface area contributed by atoms with Gasteiger partial charge in [-0.2, -0.15) is 13.2 Å². The number of pyridine rings is 1. The van der Waals surface area contributed by atoms with E-state index in [9.17, 15) is 22.0 Å². The molecule has 1 N–H and O–H groups in total. The molecular weight excluding hydrogens is 425 g/mol. The SMILES string of the molecule is Cc1cc(Cn2ccc3ncc(-c4cc(F)cc(F)c4)cc32)no1.O=C(O)C(F)(F)F. The molecule has 0 saturated carbocycles. The maximum absolute atomic E-state index is 13.5. The van der Waals surface area contributed by atoms with Crippen molar-refractivity contribution in [2.75, 3.05) is 0 Å². The Morgan fingerprint density at radius 2 is 1.74 bits per heavy atom. The largest absolute Gasteiger partial charge is 0.490 e. The summed E-state index contributed by atoms with van der Waals surface area (Å²) in [6.45, 7) is 2.37. The number of halogens is 5. The Bertz CT molecular complexity index is 1210. The van der Waals surface area contributed by atoms with E-state index in [1.807, 2.05) is 35.9 Å². The number of carboxylic acids is 1. The number of hydrogen-bond donors (Lipinski definition) is 1. The van der Waals surface area contributed by atoms with E-state index in [4.69, 9.17) is 14.4 Å². The molecule has 3 aromatic heterocycles. The number of carbonyl (C=O) groups is 1. The highest BCUT2D eigenvalue weighted by molar-refractivity contribution is 5.81. The van der Waals surface area contributed by atoms with Gasteiger partial charge in [0, 0.05) is 30.1 Å². The van der Waals surface area contributed by atoms with Crippen LogP contribution in [0.4, 0.5) is 22.0 Å². The number of hydrogen-bond acceptors (Lipinski definition) is 4. The Balaban J connectivity index is 0.000000339. The number of aliphatic carboxylic acids is 1. The number of aryl methyl sites for hydroxylation is 1. The van der Waals surface area contributed by atoms with Crippen molar-refractivity contribution in [1.29, 1.82) is 0 Å². The second-order valence-corrected chi connectivity index (χ2v) is 6.46. The van der Waals surface area contributed by atoms with Crippen LogP contribution in [-0.4, -0.2) is 32.0 Å². The van der Waals surface area contributed by atoms with Gasteiger partial charge in [0.15, 0.2) is 0 Å². The number of carboxylic acid groups (broad SMARTS) is 1. The first kappa shape index (κ1) is 21.9. The topological polar surface area (TPSA) is 81.2 Å². The molecule has 0 aliphatic rings. The summed E-state index contributed by atoms with van der Waals surface area (Å²) in [5.41, 5.74) is 3.56. The first-order chi connectivity index (χ1) is 14.5. The molecule has 0 bridgehead atoms. The van der Waals surface area contributed by atoms with E-state index in [-0.39, 0.29) is 0 Å². The first-order valence-corrected chi connectivity index (χ1v) is 8.66. The van der Waals surface area contributed by atoms with Crippen LogP contribution in [0, 0.1) is 18.6 Å². The van der Waals surface area contributed by atoms with Crippen LogP contribution in [0.15, 0.2) is 53.3 Å². The van der Waals surface area contributed by atoms with E-state index >= 15 is 0 Å². The molecule has 4 aromatic rings. The molecule has 31 heavy (non-hydrogen) atoms. The van der Waals surface area contributed by atoms with Crippen LogP contribution in [0.5, 0.6) is 0 Å². The third kappa shape index (κ3) is 5.44. The predicted octanol–water partition coefficient (Wildman–Crippen LogP) is 4.96. The van der Waals surface area contributed by atoms with Gasteiger partial charge in [0.1, 0.15) is 23.1 Å². The fraction of sp³-hybridized carbons (Fsp3) is 0.150. The third-order valence-corrected chi connectivity index (χ3v) is 4.07. The molecule has 0 aliphatic carbocycles. The van der Waals surface area contributed by atoms with Crippen LogP contribution >= 0.6 is 0 Å². The summed E-state index contributed by atoms with van der Waals surface area (Å²) in [5, 5.41) is 11.1. The van der Waals surface area contributed by atoms with E-state index in [1.54, 1.807) is 6.20 Å². The van der Waals surface area contributed by atoms with E-state index in [0.29, 0.717) is 17.7 Å². The third-order valence-electron chi connectivity index (χ3n) is 4.07. The highest BCUT2D eigenvalue weighted by Crippen LogP contribution is 2.25. The molecule has 162 valence electrons. The molecule has 11 heteroatoms. The maximum atomic E-state index is 13.5. The van der Waals surface area contributed by atoms with Crippen molar-refractivity contribution in [3.8, 4) is 11.1 Å². The van der Waals surface area contributed by atoms with Crippen molar-refractivity contribution in [2.24, 2.45) is 0 Å². The van der Waals surface area contributed by atoms with Gasteiger partial charge in [-0.05, 0) is 36.8 Å². The van der Waals surface area contributed by atoms with Crippen molar-refractivity contribution in [3.63, 3.8) is 0 Å². The average molecular weight is 439 g/mol. The summed E-state index contributed by atoms with van der Waals surface area (Å²) in [7, 11) is 0. The smallest absolute Gasteiger partial charge is 0.475 e. The summed E-state index contributed by atoms with van der Waals surface area (Å²) >= 11 is 0. The van der Waals surface area contributed by atoms with Crippen LogP contribution in [0.3, 0.4) is 0 Å². The zero-order chi connectivity index (χ0) is 22.8. The van der Waals surface area contributed by atoms with Crippen molar-refractivity contribution in [2.45, 2.75) is 19.6 Å². The van der Waals surface area contributed by atoms with Gasteiger partial charge in [0.2, 0.25) is 0 Å². The molecule has 0 atom stereocenters. The lowest BCUT2D eigenvalue weighted by atomic mass is 10.1. The van der Waals surface area contributed by atoms with Crippen LogP contribution in [0.25, 0.3) is 22.2 Å². The first-order valence-electron chi connectivity index (χ1n) is 8.66. The number of benzene rings is 1. The zero-order valence-electron chi connectivity index (χ0n) is 15.8. The zero-order valence-corrected chi connectivity index (χ0v) is 15.8. The highest BCUT2D eigenvalue weighted by Gasteiger charge is 2.38. The number of aromatic nitrogens is 3. The van der Waals surface area contributed by atoms with Gasteiger partial charge in [-0.1, -0.05) is 5.16 Å². The van der Waals surface area contributed by atoms with E-state index < -0.39 is 23.8 Å². The second kappa shape index (κ2) is 8.54. The van der Waals surface area contributed by atoms with Gasteiger partial charge >= 0.3 is 12.1 Å². The summed E-state index contributed by atoms with van der Waals surface area (Å²) in [6, 6.07) is 9.05. The quantitative estimate of drug-likeness (QED) is 0.457. The molecule has 0 fully saturated rings. The number of alkyl halides is 3. The fourth-order valence-electron chi connectivity index (χ4n) is 2.75. The molecule has 0 saturated heterocycles. The molecule has 0 aliphatic heterocycles. The maximum Gasteiger partial charge on any atom is 0.490 e. The van der Waals surface area contributed by atoms with Crippen LogP contribution in [0.2, 0.25) is 0 Å². The van der Waals surface area contributed by atoms with Gasteiger partial charge < -0.3 is 14.2 Å². The van der Waals surface area contributed by atoms with Crippen LogP contribution < -0.4 is 0 Å². The Morgan fingerprint density at radius 1 is 1.10 bits per heavy atom. The van der Waals surface area contributed by atoms with Gasteiger partial charge in [-0.15, -0.1) is 0 Å². The van der Waals surface area contributed by atoms with Crippen molar-refractivity contribution in [3.05, 3.63) is 71.9 Å². The minimum Gasteiger partial charge on any atom is -0.475 e. The molecule has 0 amide bonds. The normalized spacial score (nSPS) is 11.3. The summed E-state index contributed by atoms with van der Waals surface area (Å²) in [5.74, 6) is -3.24. The molecule has 0 unspecified atom stereocenters. The molecule has 4 rings (SSSR count). The average Bonchev–Trinajstić information content (AvgIpc) is 3.26. The molecule has 6 nitrogen and oxygen atoms in total. The standard InChI is InChI=1S/C18H13F2N3O.C2HF3O2/c1-11-4-16(22-24-11)10-23-3-2-17-18(23)7-13(9-21-17)12-5-14(19)8-15(20)6-12;3-2(4,5)1(6)7/h2-9H,10H2,1H3;(H,6,7). The van der Waals surface area contributed by atoms with E-state index in [0.717, 1.165) is 28.6 Å².